The van der Waals surface area contributed by atoms with Crippen molar-refractivity contribution < 1.29 is 21.7 Å². The van der Waals surface area contributed by atoms with Gasteiger partial charge in [0.15, 0.2) is 15.2 Å². The van der Waals surface area contributed by atoms with Crippen molar-refractivity contribution in [1.82, 2.24) is 0 Å². The smallest absolute Gasteiger partial charge is 0.358 e. The molecule has 2 saturated carbocycles. The molecular weight excluding hydrogens is 243 g/mol. The summed E-state index contributed by atoms with van der Waals surface area (Å²) in [4.78, 5) is 0. The molecule has 0 spiro atoms. The second-order valence-electron chi connectivity index (χ2n) is 3.72. The summed E-state index contributed by atoms with van der Waals surface area (Å²) in [5, 5.41) is 0. The Balaban J connectivity index is -0.0000000638. The Morgan fingerprint density at radius 1 is 0.688 bits per heavy atom. The summed E-state index contributed by atoms with van der Waals surface area (Å²) in [7, 11) is 0. The number of rotatable bonds is 0. The Labute approximate surface area is 127 Å². The fraction of sp³-hybridized carbons (Fsp3) is 0.714. The van der Waals surface area contributed by atoms with Crippen LogP contribution in [0.2, 0.25) is 11.6 Å². The second-order valence-corrected chi connectivity index (χ2v) is 4.88. The maximum absolute atomic E-state index is 2.36. The summed E-state index contributed by atoms with van der Waals surface area (Å²) in [5.41, 5.74) is 0. The van der Waals surface area contributed by atoms with Crippen molar-refractivity contribution in [2.45, 2.75) is 62.9 Å². The van der Waals surface area contributed by atoms with Gasteiger partial charge in [-0.2, -0.15) is 25.7 Å². The standard InChI is InChI=1S/2C5H9.4CH3.Al.Ti/c2*1-2-4-5-3-1;;;;;;/h2*1H,2-5H2;4*1H3;;/q2*-1;;;2*-1;;+4. The minimum Gasteiger partial charge on any atom is -0.358 e. The van der Waals surface area contributed by atoms with Crippen molar-refractivity contribution in [2.75, 3.05) is 0 Å². The van der Waals surface area contributed by atoms with Crippen molar-refractivity contribution in [3.8, 4) is 0 Å². The first-order valence-electron chi connectivity index (χ1n) is 5.79. The molecule has 2 aliphatic carbocycles. The molecule has 2 aliphatic rings. The van der Waals surface area contributed by atoms with Gasteiger partial charge in [-0.05, 0) is 0 Å². The Morgan fingerprint density at radius 3 is 0.938 bits per heavy atom. The zero-order chi connectivity index (χ0) is 9.78. The van der Waals surface area contributed by atoms with E-state index in [9.17, 15) is 0 Å². The summed E-state index contributed by atoms with van der Waals surface area (Å²) in [6.45, 7) is 0. The van der Waals surface area contributed by atoms with E-state index < -0.39 is 0 Å². The number of hydrogen-bond donors (Lipinski definition) is 0. The van der Waals surface area contributed by atoms with Gasteiger partial charge in [0.1, 0.15) is 0 Å². The zero-order valence-electron chi connectivity index (χ0n) is 11.9. The van der Waals surface area contributed by atoms with Gasteiger partial charge in [-0.3, -0.25) is 0 Å². The number of hydrogen-bond acceptors (Lipinski definition) is 0. The molecule has 1 radical (unpaired) electrons. The Kier molecular flexibility index (Phi) is 40.8. The van der Waals surface area contributed by atoms with Crippen LogP contribution < -0.4 is 0 Å². The Morgan fingerprint density at radius 2 is 0.875 bits per heavy atom. The third kappa shape index (κ3) is 24.5. The second kappa shape index (κ2) is 25.2. The first-order valence-corrected chi connectivity index (χ1v) is 8.10. The Hall–Kier alpha value is 1.25. The van der Waals surface area contributed by atoms with Crippen LogP contribution >= 0.6 is 0 Å². The van der Waals surface area contributed by atoms with Gasteiger partial charge in [0.2, 0.25) is 0 Å². The van der Waals surface area contributed by atoms with E-state index in [0.717, 1.165) is 15.2 Å². The quantitative estimate of drug-likeness (QED) is 0.419. The van der Waals surface area contributed by atoms with Gasteiger partial charge in [0.25, 0.3) is 0 Å². The third-order valence-electron chi connectivity index (χ3n) is 2.13. The monoisotopic (exact) mass is 273 g/mol. The van der Waals surface area contributed by atoms with E-state index >= 15 is 0 Å². The SMILES string of the molecule is [CH-]1CCCC1.[CH-]1CCCC1.[CH3-].[CH3-].[CH3][Al][CH3].[Ti+4]. The topological polar surface area (TPSA) is 0 Å². The minimum absolute atomic E-state index is 0. The average Bonchev–Trinajstić information content (AvgIpc) is 2.85. The van der Waals surface area contributed by atoms with Crippen LogP contribution in [0.5, 0.6) is 0 Å². The predicted molar refractivity (Wildman–Crippen MR) is 75.8 cm³/mol. The van der Waals surface area contributed by atoms with Gasteiger partial charge in [0, 0.05) is 0 Å². The van der Waals surface area contributed by atoms with E-state index in [1.54, 1.807) is 0 Å². The van der Waals surface area contributed by atoms with Crippen LogP contribution in [-0.2, 0) is 21.7 Å². The van der Waals surface area contributed by atoms with Crippen molar-refractivity contribution in [2.24, 2.45) is 0 Å². The molecule has 2 heteroatoms. The molecule has 0 heterocycles. The summed E-state index contributed by atoms with van der Waals surface area (Å²) < 4.78 is 0. The van der Waals surface area contributed by atoms with Gasteiger partial charge in [-0.25, -0.2) is 0 Å². The van der Waals surface area contributed by atoms with E-state index in [1.165, 1.54) is 51.4 Å². The fourth-order valence-corrected chi connectivity index (χ4v) is 1.44. The minimum atomic E-state index is 0. The van der Waals surface area contributed by atoms with Crippen LogP contribution in [0.1, 0.15) is 51.4 Å². The first-order chi connectivity index (χ1) is 6.41. The average molecular weight is 273 g/mol. The van der Waals surface area contributed by atoms with Crippen molar-refractivity contribution in [1.29, 1.82) is 0 Å². The van der Waals surface area contributed by atoms with Crippen LogP contribution in [0, 0.1) is 27.7 Å². The van der Waals surface area contributed by atoms with Crippen LogP contribution in [0.15, 0.2) is 0 Å². The fourth-order valence-electron chi connectivity index (χ4n) is 1.44. The van der Waals surface area contributed by atoms with E-state index in [2.05, 4.69) is 24.4 Å². The third-order valence-corrected chi connectivity index (χ3v) is 2.13. The van der Waals surface area contributed by atoms with Crippen LogP contribution in [0.4, 0.5) is 0 Å². The maximum atomic E-state index is 2.36. The Bertz CT molecular complexity index is 53.6. The largest absolute Gasteiger partial charge is 4.00 e. The first kappa shape index (κ1) is 25.9. The predicted octanol–water partition coefficient (Wildman–Crippen LogP) is 5.21. The summed E-state index contributed by atoms with van der Waals surface area (Å²) in [6, 6.07) is 0. The molecule has 0 nitrogen and oxygen atoms in total. The van der Waals surface area contributed by atoms with Gasteiger partial charge < -0.3 is 27.7 Å². The molecule has 0 amide bonds. The molecule has 93 valence electrons. The van der Waals surface area contributed by atoms with Crippen LogP contribution in [0.3, 0.4) is 0 Å². The van der Waals surface area contributed by atoms with E-state index in [0.29, 0.717) is 0 Å². The molecule has 0 aromatic carbocycles. The molecule has 2 fully saturated rings. The van der Waals surface area contributed by atoms with Crippen LogP contribution in [-0.4, -0.2) is 15.2 Å². The molecule has 0 atom stereocenters. The summed E-state index contributed by atoms with van der Waals surface area (Å²) in [6.07, 6.45) is 16.0. The van der Waals surface area contributed by atoms with Gasteiger partial charge in [0.05, 0.1) is 0 Å². The van der Waals surface area contributed by atoms with E-state index in [4.69, 9.17) is 0 Å². The van der Waals surface area contributed by atoms with Gasteiger partial charge in [-0.15, -0.1) is 11.6 Å². The van der Waals surface area contributed by atoms with Gasteiger partial charge >= 0.3 is 21.7 Å². The molecule has 0 bridgehead atoms. The maximum Gasteiger partial charge on any atom is 4.00 e. The van der Waals surface area contributed by atoms with Crippen LogP contribution in [0.25, 0.3) is 0 Å². The molecule has 0 N–H and O–H groups in total. The molecule has 0 unspecified atom stereocenters. The van der Waals surface area contributed by atoms with Crippen molar-refractivity contribution >= 4 is 15.2 Å². The van der Waals surface area contributed by atoms with Gasteiger partial charge in [-0.1, -0.05) is 25.7 Å². The summed E-state index contributed by atoms with van der Waals surface area (Å²) in [5.74, 6) is 4.42. The molecule has 0 aromatic rings. The molecule has 2 rings (SSSR count). The summed E-state index contributed by atoms with van der Waals surface area (Å²) >= 11 is 0.750. The van der Waals surface area contributed by atoms with Crippen molar-refractivity contribution in [3.05, 3.63) is 27.7 Å². The molecule has 0 aliphatic heterocycles. The molecule has 16 heavy (non-hydrogen) atoms. The van der Waals surface area contributed by atoms with E-state index in [1.807, 2.05) is 0 Å². The normalized spacial score (nSPS) is 15.9. The molecule has 0 aromatic heterocycles. The molecular formula is C14H30AlTi. The van der Waals surface area contributed by atoms with Crippen molar-refractivity contribution in [3.63, 3.8) is 0 Å². The van der Waals surface area contributed by atoms with E-state index in [-0.39, 0.29) is 36.6 Å². The molecule has 0 saturated heterocycles. The zero-order valence-corrected chi connectivity index (χ0v) is 14.6.